The Balaban J connectivity index is 2.01. The Morgan fingerprint density at radius 2 is 2.00 bits per heavy atom. The number of carboxylic acid groups (broad SMARTS) is 1. The van der Waals surface area contributed by atoms with Gasteiger partial charge in [0.25, 0.3) is 0 Å². The Morgan fingerprint density at radius 3 is 2.50 bits per heavy atom. The number of carbonyl (C=O) groups excluding carboxylic acids is 1. The fourth-order valence-electron chi connectivity index (χ4n) is 2.05. The number of likely N-dealkylation sites (tertiary alicyclic amines) is 1. The lowest BCUT2D eigenvalue weighted by Gasteiger charge is -2.23. The molecule has 0 aromatic rings. The number of hydrogen-bond acceptors (Lipinski definition) is 2. The van der Waals surface area contributed by atoms with Gasteiger partial charge in [-0.25, -0.2) is 4.79 Å². The molecule has 1 saturated heterocycles. The molecule has 0 bridgehead atoms. The van der Waals surface area contributed by atoms with Crippen molar-refractivity contribution in [2.24, 2.45) is 11.8 Å². The average Bonchev–Trinajstić information content (AvgIpc) is 2.68. The zero-order valence-electron chi connectivity index (χ0n) is 7.24. The van der Waals surface area contributed by atoms with Gasteiger partial charge >= 0.3 is 11.9 Å². The van der Waals surface area contributed by atoms with Gasteiger partial charge in [-0.2, -0.15) is 0 Å². The third-order valence-corrected chi connectivity index (χ3v) is 5.31. The number of halogens is 2. The fourth-order valence-corrected chi connectivity index (χ4v) is 3.81. The van der Waals surface area contributed by atoms with Crippen LogP contribution >= 0.6 is 31.9 Å². The number of aliphatic carboxylic acids is 1. The maximum Gasteiger partial charge on any atom is 0.394 e. The smallest absolute Gasteiger partial charge is 0.394 e. The summed E-state index contributed by atoms with van der Waals surface area (Å²) < 4.78 is -0.0620. The molecule has 0 radical (unpaired) electrons. The van der Waals surface area contributed by atoms with Gasteiger partial charge in [-0.1, -0.05) is 31.9 Å². The van der Waals surface area contributed by atoms with E-state index in [2.05, 4.69) is 31.9 Å². The SMILES string of the molecule is O=C(O)C(=O)N1CC[C@H]2[C@@H](C1)C2(Br)Br. The first-order valence-electron chi connectivity index (χ1n) is 4.34. The van der Waals surface area contributed by atoms with Gasteiger partial charge in [0.05, 0.1) is 3.23 Å². The molecule has 2 fully saturated rings. The molecular weight excluding hydrogens is 318 g/mol. The van der Waals surface area contributed by atoms with Crippen LogP contribution in [0.2, 0.25) is 0 Å². The van der Waals surface area contributed by atoms with Gasteiger partial charge in [0.1, 0.15) is 0 Å². The summed E-state index contributed by atoms with van der Waals surface area (Å²) in [7, 11) is 0. The molecule has 1 saturated carbocycles. The Bertz CT molecular complexity index is 305. The predicted molar refractivity (Wildman–Crippen MR) is 56.4 cm³/mol. The van der Waals surface area contributed by atoms with E-state index in [1.807, 2.05) is 0 Å². The molecule has 14 heavy (non-hydrogen) atoms. The van der Waals surface area contributed by atoms with Crippen LogP contribution in [0, 0.1) is 11.8 Å². The monoisotopic (exact) mass is 325 g/mol. The maximum absolute atomic E-state index is 11.2. The lowest BCUT2D eigenvalue weighted by atomic mass is 10.1. The van der Waals surface area contributed by atoms with Crippen molar-refractivity contribution in [3.63, 3.8) is 0 Å². The van der Waals surface area contributed by atoms with Gasteiger partial charge in [-0.15, -0.1) is 0 Å². The third kappa shape index (κ3) is 1.48. The molecule has 1 aliphatic heterocycles. The summed E-state index contributed by atoms with van der Waals surface area (Å²) >= 11 is 7.05. The second kappa shape index (κ2) is 3.20. The van der Waals surface area contributed by atoms with Crippen LogP contribution in [-0.2, 0) is 9.59 Å². The number of alkyl halides is 2. The van der Waals surface area contributed by atoms with E-state index in [9.17, 15) is 9.59 Å². The van der Waals surface area contributed by atoms with Gasteiger partial charge in [0.2, 0.25) is 0 Å². The van der Waals surface area contributed by atoms with E-state index in [-0.39, 0.29) is 3.23 Å². The molecule has 1 heterocycles. The first-order chi connectivity index (χ1) is 6.44. The summed E-state index contributed by atoms with van der Waals surface area (Å²) in [6.45, 7) is 1.08. The van der Waals surface area contributed by atoms with Crippen LogP contribution in [0.3, 0.4) is 0 Å². The molecule has 0 aromatic carbocycles. The van der Waals surface area contributed by atoms with Gasteiger partial charge < -0.3 is 10.0 Å². The molecule has 0 aromatic heterocycles. The minimum Gasteiger partial charge on any atom is -0.474 e. The molecular formula is C8H9Br2NO3. The first kappa shape index (κ1) is 10.4. The highest BCUT2D eigenvalue weighted by Gasteiger charge is 2.63. The van der Waals surface area contributed by atoms with Crippen molar-refractivity contribution >= 4 is 43.7 Å². The minimum atomic E-state index is -1.36. The first-order valence-corrected chi connectivity index (χ1v) is 5.93. The number of piperidine rings is 1. The molecule has 2 atom stereocenters. The lowest BCUT2D eigenvalue weighted by molar-refractivity contribution is -0.156. The normalized spacial score (nSPS) is 33.4. The van der Waals surface area contributed by atoms with Crippen molar-refractivity contribution in [3.8, 4) is 0 Å². The standard InChI is InChI=1S/C8H9Br2NO3/c9-8(10)4-1-2-11(3-5(4)8)6(12)7(13)14/h4-5H,1-3H2,(H,13,14)/t4-,5+/m0/s1. The van der Waals surface area contributed by atoms with Crippen LogP contribution in [0.25, 0.3) is 0 Å². The van der Waals surface area contributed by atoms with E-state index in [1.165, 1.54) is 4.90 Å². The summed E-state index contributed by atoms with van der Waals surface area (Å²) in [6.07, 6.45) is 0.861. The van der Waals surface area contributed by atoms with Crippen molar-refractivity contribution in [2.45, 2.75) is 9.65 Å². The van der Waals surface area contributed by atoms with Crippen molar-refractivity contribution in [1.29, 1.82) is 0 Å². The van der Waals surface area contributed by atoms with Crippen LogP contribution in [-0.4, -0.2) is 38.2 Å². The molecule has 6 heteroatoms. The molecule has 2 rings (SSSR count). The van der Waals surface area contributed by atoms with Gasteiger partial charge in [0.15, 0.2) is 0 Å². The van der Waals surface area contributed by atoms with Gasteiger partial charge in [-0.05, 0) is 12.3 Å². The highest BCUT2D eigenvalue weighted by Crippen LogP contribution is 2.64. The number of amides is 1. The van der Waals surface area contributed by atoms with Gasteiger partial charge in [-0.3, -0.25) is 4.79 Å². The van der Waals surface area contributed by atoms with Crippen molar-refractivity contribution in [3.05, 3.63) is 0 Å². The van der Waals surface area contributed by atoms with E-state index in [1.54, 1.807) is 0 Å². The second-order valence-corrected chi connectivity index (χ2v) is 7.42. The molecule has 4 nitrogen and oxygen atoms in total. The number of hydrogen-bond donors (Lipinski definition) is 1. The van der Waals surface area contributed by atoms with Crippen molar-refractivity contribution in [1.82, 2.24) is 4.90 Å². The van der Waals surface area contributed by atoms with Gasteiger partial charge in [0, 0.05) is 19.0 Å². The maximum atomic E-state index is 11.2. The van der Waals surface area contributed by atoms with E-state index < -0.39 is 11.9 Å². The number of carbonyl (C=O) groups is 2. The highest BCUT2D eigenvalue weighted by molar-refractivity contribution is 9.25. The third-order valence-electron chi connectivity index (χ3n) is 2.96. The van der Waals surface area contributed by atoms with E-state index in [0.717, 1.165) is 6.42 Å². The molecule has 0 unspecified atom stereocenters. The Labute approximate surface area is 97.9 Å². The quantitative estimate of drug-likeness (QED) is 0.534. The highest BCUT2D eigenvalue weighted by atomic mass is 79.9. The van der Waals surface area contributed by atoms with Crippen LogP contribution in [0.5, 0.6) is 0 Å². The average molecular weight is 327 g/mol. The minimum absolute atomic E-state index is 0.0620. The summed E-state index contributed by atoms with van der Waals surface area (Å²) in [5, 5.41) is 8.55. The summed E-state index contributed by atoms with van der Waals surface area (Å²) in [6, 6.07) is 0. The van der Waals surface area contributed by atoms with E-state index in [0.29, 0.717) is 24.9 Å². The largest absolute Gasteiger partial charge is 0.474 e. The Hall–Kier alpha value is -0.100. The Morgan fingerprint density at radius 1 is 1.36 bits per heavy atom. The van der Waals surface area contributed by atoms with Crippen LogP contribution < -0.4 is 0 Å². The summed E-state index contributed by atoms with van der Waals surface area (Å²) in [4.78, 5) is 23.0. The van der Waals surface area contributed by atoms with Crippen LogP contribution in [0.4, 0.5) is 0 Å². The topological polar surface area (TPSA) is 57.6 Å². The molecule has 1 amide bonds. The summed E-state index contributed by atoms with van der Waals surface area (Å²) in [5.74, 6) is -1.27. The van der Waals surface area contributed by atoms with E-state index in [4.69, 9.17) is 5.11 Å². The lowest BCUT2D eigenvalue weighted by Crippen LogP contribution is -2.41. The van der Waals surface area contributed by atoms with Crippen molar-refractivity contribution in [2.75, 3.05) is 13.1 Å². The molecule has 2 aliphatic rings. The number of carboxylic acids is 1. The molecule has 1 N–H and O–H groups in total. The van der Waals surface area contributed by atoms with E-state index >= 15 is 0 Å². The van der Waals surface area contributed by atoms with Crippen molar-refractivity contribution < 1.29 is 14.7 Å². The zero-order chi connectivity index (χ0) is 10.5. The molecule has 78 valence electrons. The second-order valence-electron chi connectivity index (χ2n) is 3.73. The van der Waals surface area contributed by atoms with Crippen LogP contribution in [0.15, 0.2) is 0 Å². The number of fused-ring (bicyclic) bond motifs is 1. The molecule has 1 aliphatic carbocycles. The van der Waals surface area contributed by atoms with Crippen LogP contribution in [0.1, 0.15) is 6.42 Å². The number of nitrogens with zero attached hydrogens (tertiary/aromatic N) is 1. The fraction of sp³-hybridized carbons (Fsp3) is 0.750. The zero-order valence-corrected chi connectivity index (χ0v) is 10.4. The Kier molecular flexibility index (Phi) is 2.38. The predicted octanol–water partition coefficient (Wildman–Crippen LogP) is 1.04. The number of rotatable bonds is 0. The molecule has 0 spiro atoms. The summed E-state index contributed by atoms with van der Waals surface area (Å²) in [5.41, 5.74) is 0.